The van der Waals surface area contributed by atoms with Crippen LogP contribution in [0.3, 0.4) is 0 Å². The first-order valence-electron chi connectivity index (χ1n) is 8.85. The molecule has 3 nitrogen and oxygen atoms in total. The molecule has 2 aliphatic rings. The van der Waals surface area contributed by atoms with Gasteiger partial charge >= 0.3 is 0 Å². The summed E-state index contributed by atoms with van der Waals surface area (Å²) in [6, 6.07) is 11.3. The zero-order valence-electron chi connectivity index (χ0n) is 13.7. The minimum absolute atomic E-state index is 0.785. The fourth-order valence-corrected chi connectivity index (χ4v) is 4.85. The van der Waals surface area contributed by atoms with E-state index in [4.69, 9.17) is 0 Å². The molecule has 1 atom stereocenters. The molecule has 3 heterocycles. The molecule has 1 aromatic carbocycles. The highest BCUT2D eigenvalue weighted by Crippen LogP contribution is 2.27. The van der Waals surface area contributed by atoms with Crippen LogP contribution in [0.4, 0.5) is 0 Å². The van der Waals surface area contributed by atoms with Gasteiger partial charge in [-0.05, 0) is 45.3 Å². The number of benzene rings is 1. The summed E-state index contributed by atoms with van der Waals surface area (Å²) in [4.78, 5) is 11.4. The molecule has 4 rings (SSSR count). The van der Waals surface area contributed by atoms with Crippen LogP contribution >= 0.6 is 11.3 Å². The lowest BCUT2D eigenvalue weighted by molar-refractivity contribution is 0.111. The summed E-state index contributed by atoms with van der Waals surface area (Å²) in [5.41, 5.74) is 1.23. The van der Waals surface area contributed by atoms with Gasteiger partial charge in [-0.25, -0.2) is 4.98 Å². The molecule has 0 amide bonds. The van der Waals surface area contributed by atoms with Crippen molar-refractivity contribution in [2.75, 3.05) is 26.2 Å². The quantitative estimate of drug-likeness (QED) is 0.850. The third-order valence-electron chi connectivity index (χ3n) is 5.09. The summed E-state index contributed by atoms with van der Waals surface area (Å²) < 4.78 is 0. The molecule has 0 radical (unpaired) electrons. The van der Waals surface area contributed by atoms with Gasteiger partial charge in [0.2, 0.25) is 0 Å². The van der Waals surface area contributed by atoms with E-state index in [0.717, 1.165) is 17.6 Å². The first-order chi connectivity index (χ1) is 11.4. The van der Waals surface area contributed by atoms with Crippen LogP contribution in [0.25, 0.3) is 10.6 Å². The second-order valence-corrected chi connectivity index (χ2v) is 7.89. The van der Waals surface area contributed by atoms with Gasteiger partial charge in [-0.1, -0.05) is 30.3 Å². The number of thiazole rings is 1. The van der Waals surface area contributed by atoms with Crippen molar-refractivity contribution in [1.82, 2.24) is 14.8 Å². The Morgan fingerprint density at radius 2 is 1.87 bits per heavy atom. The smallest absolute Gasteiger partial charge is 0.123 e. The maximum Gasteiger partial charge on any atom is 0.123 e. The molecule has 2 fully saturated rings. The summed E-state index contributed by atoms with van der Waals surface area (Å²) in [6.45, 7) is 6.17. The fourth-order valence-electron chi connectivity index (χ4n) is 3.89. The first kappa shape index (κ1) is 15.3. The molecular formula is C19H25N3S. The molecule has 0 saturated carbocycles. The molecule has 0 aliphatic carbocycles. The Morgan fingerprint density at radius 3 is 2.70 bits per heavy atom. The Kier molecular flexibility index (Phi) is 4.74. The van der Waals surface area contributed by atoms with Gasteiger partial charge in [0.05, 0.1) is 0 Å². The standard InChI is InChI=1S/C19H25N3S/c1-2-7-16(8-3-1)19-20-13-18(23-19)15-21-10-6-9-17(14-21)22-11-4-5-12-22/h1-3,7-8,13,17H,4-6,9-12,14-15H2. The topological polar surface area (TPSA) is 19.4 Å². The second kappa shape index (κ2) is 7.12. The van der Waals surface area contributed by atoms with Crippen LogP contribution in [0.1, 0.15) is 30.6 Å². The number of piperidine rings is 1. The zero-order chi connectivity index (χ0) is 15.5. The van der Waals surface area contributed by atoms with E-state index in [1.807, 2.05) is 11.3 Å². The van der Waals surface area contributed by atoms with Gasteiger partial charge in [0.1, 0.15) is 5.01 Å². The first-order valence-corrected chi connectivity index (χ1v) is 9.67. The van der Waals surface area contributed by atoms with Crippen molar-refractivity contribution in [3.05, 3.63) is 41.4 Å². The average Bonchev–Trinajstić information content (AvgIpc) is 3.28. The van der Waals surface area contributed by atoms with Crippen molar-refractivity contribution >= 4 is 11.3 Å². The molecule has 1 aromatic heterocycles. The third-order valence-corrected chi connectivity index (χ3v) is 6.12. The summed E-state index contributed by atoms with van der Waals surface area (Å²) in [6.07, 6.45) is 7.59. The number of likely N-dealkylation sites (tertiary alicyclic amines) is 2. The number of hydrogen-bond acceptors (Lipinski definition) is 4. The van der Waals surface area contributed by atoms with Crippen LogP contribution in [0.2, 0.25) is 0 Å². The van der Waals surface area contributed by atoms with Gasteiger partial charge in [-0.2, -0.15) is 0 Å². The molecular weight excluding hydrogens is 302 g/mol. The Balaban J connectivity index is 1.39. The van der Waals surface area contributed by atoms with Crippen molar-refractivity contribution in [1.29, 1.82) is 0 Å². The molecule has 2 saturated heterocycles. The van der Waals surface area contributed by atoms with Gasteiger partial charge in [0, 0.05) is 35.8 Å². The lowest BCUT2D eigenvalue weighted by Crippen LogP contribution is -2.46. The summed E-state index contributed by atoms with van der Waals surface area (Å²) in [7, 11) is 0. The molecule has 0 N–H and O–H groups in total. The van der Waals surface area contributed by atoms with Crippen LogP contribution in [0, 0.1) is 0 Å². The molecule has 2 aromatic rings. The van der Waals surface area contributed by atoms with Crippen LogP contribution in [-0.2, 0) is 6.54 Å². The molecule has 1 unspecified atom stereocenters. The molecule has 0 bridgehead atoms. The normalized spacial score (nSPS) is 23.4. The van der Waals surface area contributed by atoms with Gasteiger partial charge in [-0.3, -0.25) is 9.80 Å². The van der Waals surface area contributed by atoms with E-state index in [2.05, 4.69) is 51.3 Å². The summed E-state index contributed by atoms with van der Waals surface area (Å²) in [5, 5.41) is 1.15. The minimum Gasteiger partial charge on any atom is -0.299 e. The van der Waals surface area contributed by atoms with E-state index in [-0.39, 0.29) is 0 Å². The molecule has 122 valence electrons. The maximum absolute atomic E-state index is 4.63. The van der Waals surface area contributed by atoms with Gasteiger partial charge in [-0.15, -0.1) is 11.3 Å². The number of aromatic nitrogens is 1. The van der Waals surface area contributed by atoms with Gasteiger partial charge in [0.15, 0.2) is 0 Å². The molecule has 2 aliphatic heterocycles. The highest BCUT2D eigenvalue weighted by Gasteiger charge is 2.27. The van der Waals surface area contributed by atoms with Crippen molar-refractivity contribution in [3.8, 4) is 10.6 Å². The Hall–Kier alpha value is -1.23. The Bertz CT molecular complexity index is 619. The number of hydrogen-bond donors (Lipinski definition) is 0. The second-order valence-electron chi connectivity index (χ2n) is 6.77. The third kappa shape index (κ3) is 3.65. The van der Waals surface area contributed by atoms with E-state index in [9.17, 15) is 0 Å². The van der Waals surface area contributed by atoms with E-state index >= 15 is 0 Å². The molecule has 0 spiro atoms. The van der Waals surface area contributed by atoms with Gasteiger partial charge < -0.3 is 0 Å². The highest BCUT2D eigenvalue weighted by atomic mass is 32.1. The van der Waals surface area contributed by atoms with E-state index < -0.39 is 0 Å². The van der Waals surface area contributed by atoms with E-state index in [0.29, 0.717) is 0 Å². The lowest BCUT2D eigenvalue weighted by atomic mass is 10.0. The summed E-state index contributed by atoms with van der Waals surface area (Å²) >= 11 is 1.85. The van der Waals surface area contributed by atoms with E-state index in [1.54, 1.807) is 0 Å². The molecule has 4 heteroatoms. The predicted molar refractivity (Wildman–Crippen MR) is 96.7 cm³/mol. The minimum atomic E-state index is 0.785. The largest absolute Gasteiger partial charge is 0.299 e. The van der Waals surface area contributed by atoms with Crippen molar-refractivity contribution in [2.24, 2.45) is 0 Å². The Morgan fingerprint density at radius 1 is 1.04 bits per heavy atom. The van der Waals surface area contributed by atoms with Crippen molar-refractivity contribution in [3.63, 3.8) is 0 Å². The summed E-state index contributed by atoms with van der Waals surface area (Å²) in [5.74, 6) is 0. The number of nitrogens with zero attached hydrogens (tertiary/aromatic N) is 3. The van der Waals surface area contributed by atoms with Crippen LogP contribution in [0.15, 0.2) is 36.5 Å². The van der Waals surface area contributed by atoms with Crippen LogP contribution < -0.4 is 0 Å². The fraction of sp³-hybridized carbons (Fsp3) is 0.526. The van der Waals surface area contributed by atoms with Crippen LogP contribution in [-0.4, -0.2) is 47.0 Å². The number of rotatable bonds is 4. The van der Waals surface area contributed by atoms with Crippen LogP contribution in [0.5, 0.6) is 0 Å². The highest BCUT2D eigenvalue weighted by molar-refractivity contribution is 7.15. The zero-order valence-corrected chi connectivity index (χ0v) is 14.5. The Labute approximate surface area is 143 Å². The van der Waals surface area contributed by atoms with E-state index in [1.165, 1.54) is 62.3 Å². The predicted octanol–water partition coefficient (Wildman–Crippen LogP) is 3.87. The van der Waals surface area contributed by atoms with Crippen molar-refractivity contribution < 1.29 is 0 Å². The van der Waals surface area contributed by atoms with Crippen molar-refractivity contribution in [2.45, 2.75) is 38.3 Å². The monoisotopic (exact) mass is 327 g/mol. The lowest BCUT2D eigenvalue weighted by Gasteiger charge is -2.37. The molecule has 23 heavy (non-hydrogen) atoms. The SMILES string of the molecule is c1ccc(-c2ncc(CN3CCCC(N4CCCC4)C3)s2)cc1. The maximum atomic E-state index is 4.63. The average molecular weight is 327 g/mol. The van der Waals surface area contributed by atoms with Gasteiger partial charge in [0.25, 0.3) is 0 Å².